The van der Waals surface area contributed by atoms with Crippen LogP contribution in [0.4, 0.5) is 0 Å². The summed E-state index contributed by atoms with van der Waals surface area (Å²) in [7, 11) is 0. The van der Waals surface area contributed by atoms with Gasteiger partial charge in [-0.3, -0.25) is 9.36 Å². The molecule has 4 nitrogen and oxygen atoms in total. The van der Waals surface area contributed by atoms with Crippen molar-refractivity contribution in [1.29, 1.82) is 0 Å². The Labute approximate surface area is 104 Å². The third-order valence-corrected chi connectivity index (χ3v) is 2.66. The SMILES string of the molecule is CCNC(=O)c1c[nH]c(=S)n1-c1ccccc1. The molecule has 17 heavy (non-hydrogen) atoms. The highest BCUT2D eigenvalue weighted by Gasteiger charge is 2.12. The Balaban J connectivity index is 2.51. The second-order valence-corrected chi connectivity index (χ2v) is 3.90. The number of para-hydroxylation sites is 1. The van der Waals surface area contributed by atoms with Crippen LogP contribution >= 0.6 is 12.2 Å². The van der Waals surface area contributed by atoms with Crippen LogP contribution in [-0.2, 0) is 0 Å². The number of nitrogens with one attached hydrogen (secondary N) is 2. The van der Waals surface area contributed by atoms with Crippen molar-refractivity contribution in [1.82, 2.24) is 14.9 Å². The first kappa shape index (κ1) is 11.6. The molecule has 1 aromatic carbocycles. The number of aromatic amines is 1. The molecule has 5 heteroatoms. The molecule has 2 aromatic rings. The number of hydrogen-bond acceptors (Lipinski definition) is 2. The molecule has 0 fully saturated rings. The molecule has 0 radical (unpaired) electrons. The zero-order chi connectivity index (χ0) is 12.3. The lowest BCUT2D eigenvalue weighted by Crippen LogP contribution is -2.25. The van der Waals surface area contributed by atoms with E-state index in [4.69, 9.17) is 12.2 Å². The fourth-order valence-corrected chi connectivity index (χ4v) is 1.88. The average Bonchev–Trinajstić information content (AvgIpc) is 2.73. The standard InChI is InChI=1S/C12H13N3OS/c1-2-13-11(16)10-8-14-12(17)15(10)9-6-4-3-5-7-9/h3-8H,2H2,1H3,(H,13,16)(H,14,17). The van der Waals surface area contributed by atoms with Gasteiger partial charge in [-0.15, -0.1) is 0 Å². The number of carbonyl (C=O) groups is 1. The molecule has 2 N–H and O–H groups in total. The fraction of sp³-hybridized carbons (Fsp3) is 0.167. The summed E-state index contributed by atoms with van der Waals surface area (Å²) >= 11 is 5.19. The first-order chi connectivity index (χ1) is 8.24. The van der Waals surface area contributed by atoms with E-state index in [9.17, 15) is 4.79 Å². The van der Waals surface area contributed by atoms with E-state index in [2.05, 4.69) is 10.3 Å². The van der Waals surface area contributed by atoms with Crippen molar-refractivity contribution in [3.05, 3.63) is 47.0 Å². The van der Waals surface area contributed by atoms with Crippen LogP contribution in [0.3, 0.4) is 0 Å². The summed E-state index contributed by atoms with van der Waals surface area (Å²) in [4.78, 5) is 14.7. The highest BCUT2D eigenvalue weighted by molar-refractivity contribution is 7.71. The third-order valence-electron chi connectivity index (χ3n) is 2.36. The molecule has 1 amide bonds. The summed E-state index contributed by atoms with van der Waals surface area (Å²) in [6.45, 7) is 2.47. The van der Waals surface area contributed by atoms with Gasteiger partial charge in [0.1, 0.15) is 5.69 Å². The van der Waals surface area contributed by atoms with Crippen LogP contribution in [0.5, 0.6) is 0 Å². The lowest BCUT2D eigenvalue weighted by atomic mass is 10.3. The first-order valence-electron chi connectivity index (χ1n) is 5.38. The second-order valence-electron chi connectivity index (χ2n) is 3.51. The Hall–Kier alpha value is -1.88. The molecule has 0 atom stereocenters. The van der Waals surface area contributed by atoms with Crippen LogP contribution in [0.2, 0.25) is 0 Å². The molecule has 0 saturated carbocycles. The number of H-pyrrole nitrogens is 1. The van der Waals surface area contributed by atoms with Crippen molar-refractivity contribution in [3.63, 3.8) is 0 Å². The van der Waals surface area contributed by atoms with E-state index >= 15 is 0 Å². The summed E-state index contributed by atoms with van der Waals surface area (Å²) < 4.78 is 2.23. The van der Waals surface area contributed by atoms with E-state index in [0.717, 1.165) is 5.69 Å². The lowest BCUT2D eigenvalue weighted by molar-refractivity contribution is 0.0949. The van der Waals surface area contributed by atoms with Gasteiger partial charge >= 0.3 is 0 Å². The first-order valence-corrected chi connectivity index (χ1v) is 5.79. The molecule has 0 aliphatic carbocycles. The quantitative estimate of drug-likeness (QED) is 0.818. The van der Waals surface area contributed by atoms with Gasteiger partial charge in [-0.2, -0.15) is 0 Å². The molecule has 0 unspecified atom stereocenters. The van der Waals surface area contributed by atoms with E-state index in [1.165, 1.54) is 0 Å². The van der Waals surface area contributed by atoms with Gasteiger partial charge in [0.05, 0.1) is 0 Å². The van der Waals surface area contributed by atoms with Gasteiger partial charge in [0.25, 0.3) is 5.91 Å². The molecule has 2 rings (SSSR count). The number of carbonyl (C=O) groups excluding carboxylic acids is 1. The van der Waals surface area contributed by atoms with E-state index in [-0.39, 0.29) is 5.91 Å². The third kappa shape index (κ3) is 2.29. The molecular formula is C12H13N3OS. The van der Waals surface area contributed by atoms with Gasteiger partial charge in [-0.1, -0.05) is 18.2 Å². The van der Waals surface area contributed by atoms with Crippen LogP contribution in [-0.4, -0.2) is 22.0 Å². The van der Waals surface area contributed by atoms with Gasteiger partial charge in [0.2, 0.25) is 0 Å². The van der Waals surface area contributed by atoms with Gasteiger partial charge in [0.15, 0.2) is 4.77 Å². The molecule has 0 bridgehead atoms. The minimum atomic E-state index is -0.135. The fourth-order valence-electron chi connectivity index (χ4n) is 1.62. The predicted octanol–water partition coefficient (Wildman–Crippen LogP) is 2.28. The Morgan fingerprint density at radius 2 is 2.12 bits per heavy atom. The molecule has 88 valence electrons. The van der Waals surface area contributed by atoms with Crippen LogP contribution in [0.1, 0.15) is 17.4 Å². The Bertz CT molecular complexity index is 571. The van der Waals surface area contributed by atoms with Gasteiger partial charge in [0, 0.05) is 18.4 Å². The minimum absolute atomic E-state index is 0.135. The number of imidazole rings is 1. The van der Waals surface area contributed by atoms with Crippen LogP contribution < -0.4 is 5.32 Å². The van der Waals surface area contributed by atoms with Crippen LogP contribution in [0, 0.1) is 4.77 Å². The zero-order valence-electron chi connectivity index (χ0n) is 9.43. The predicted molar refractivity (Wildman–Crippen MR) is 69.0 cm³/mol. The molecule has 0 saturated heterocycles. The number of benzene rings is 1. The Morgan fingerprint density at radius 1 is 1.41 bits per heavy atom. The largest absolute Gasteiger partial charge is 0.351 e. The van der Waals surface area contributed by atoms with Crippen LogP contribution in [0.15, 0.2) is 36.5 Å². The number of amides is 1. The molecule has 0 aliphatic rings. The van der Waals surface area contributed by atoms with Crippen molar-refractivity contribution in [2.45, 2.75) is 6.92 Å². The zero-order valence-corrected chi connectivity index (χ0v) is 10.3. The highest BCUT2D eigenvalue weighted by Crippen LogP contribution is 2.12. The van der Waals surface area contributed by atoms with Crippen molar-refractivity contribution in [3.8, 4) is 5.69 Å². The summed E-state index contributed by atoms with van der Waals surface area (Å²) in [5.74, 6) is -0.135. The summed E-state index contributed by atoms with van der Waals surface area (Å²) in [6, 6.07) is 9.56. The van der Waals surface area contributed by atoms with E-state index < -0.39 is 0 Å². The highest BCUT2D eigenvalue weighted by atomic mass is 32.1. The normalized spacial score (nSPS) is 10.2. The number of hydrogen-bond donors (Lipinski definition) is 2. The maximum Gasteiger partial charge on any atom is 0.269 e. The topological polar surface area (TPSA) is 49.8 Å². The van der Waals surface area contributed by atoms with Crippen molar-refractivity contribution in [2.24, 2.45) is 0 Å². The average molecular weight is 247 g/mol. The van der Waals surface area contributed by atoms with Gasteiger partial charge in [-0.05, 0) is 31.3 Å². The van der Waals surface area contributed by atoms with Crippen molar-refractivity contribution >= 4 is 18.1 Å². The number of aromatic nitrogens is 2. The molecule has 1 aromatic heterocycles. The summed E-state index contributed by atoms with van der Waals surface area (Å²) in [6.07, 6.45) is 1.63. The Morgan fingerprint density at radius 3 is 2.76 bits per heavy atom. The Kier molecular flexibility index (Phi) is 3.39. The maximum atomic E-state index is 11.9. The summed E-state index contributed by atoms with van der Waals surface area (Å²) in [5.41, 5.74) is 1.39. The lowest BCUT2D eigenvalue weighted by Gasteiger charge is -2.07. The molecule has 0 spiro atoms. The van der Waals surface area contributed by atoms with E-state index in [0.29, 0.717) is 17.0 Å². The smallest absolute Gasteiger partial charge is 0.269 e. The van der Waals surface area contributed by atoms with E-state index in [1.54, 1.807) is 10.8 Å². The number of nitrogens with zero attached hydrogens (tertiary/aromatic N) is 1. The second kappa shape index (κ2) is 4.97. The molecule has 1 heterocycles. The monoisotopic (exact) mass is 247 g/mol. The van der Waals surface area contributed by atoms with Crippen LogP contribution in [0.25, 0.3) is 5.69 Å². The van der Waals surface area contributed by atoms with Crippen molar-refractivity contribution < 1.29 is 4.79 Å². The van der Waals surface area contributed by atoms with E-state index in [1.807, 2.05) is 37.3 Å². The summed E-state index contributed by atoms with van der Waals surface area (Å²) in [5, 5.41) is 2.76. The number of rotatable bonds is 3. The van der Waals surface area contributed by atoms with Gasteiger partial charge in [-0.25, -0.2) is 0 Å². The van der Waals surface area contributed by atoms with Crippen molar-refractivity contribution in [2.75, 3.05) is 6.54 Å². The maximum absolute atomic E-state index is 11.9. The molecule has 0 aliphatic heterocycles. The van der Waals surface area contributed by atoms with Gasteiger partial charge < -0.3 is 10.3 Å². The minimum Gasteiger partial charge on any atom is -0.351 e. The molecular weight excluding hydrogens is 234 g/mol.